The Bertz CT molecular complexity index is 785. The number of anilines is 1. The van der Waals surface area contributed by atoms with Gasteiger partial charge < -0.3 is 16.0 Å². The van der Waals surface area contributed by atoms with E-state index in [0.29, 0.717) is 6.54 Å². The predicted molar refractivity (Wildman–Crippen MR) is 107 cm³/mol. The third kappa shape index (κ3) is 5.58. The minimum atomic E-state index is -0.204. The molecule has 142 valence electrons. The fourth-order valence-electron chi connectivity index (χ4n) is 3.02. The molecule has 1 aliphatic rings. The standard InChI is InChI=1S/C22H27N3O2/c1-15(2)20(17-8-4-3-5-9-17)25-22(27)23-14-16-7-6-10-19(13-16)24-21(26)18-11-12-18/h3-10,13,15,18,20H,11-12,14H2,1-2H3,(H,24,26)(H2,23,25,27)/t20-/m1/s1. The van der Waals surface area contributed by atoms with Crippen LogP contribution >= 0.6 is 0 Å². The molecule has 5 nitrogen and oxygen atoms in total. The van der Waals surface area contributed by atoms with Gasteiger partial charge in [-0.05, 0) is 42.0 Å². The van der Waals surface area contributed by atoms with Gasteiger partial charge in [0, 0.05) is 18.2 Å². The second-order valence-electron chi connectivity index (χ2n) is 7.42. The van der Waals surface area contributed by atoms with Crippen molar-refractivity contribution < 1.29 is 9.59 Å². The van der Waals surface area contributed by atoms with Crippen molar-refractivity contribution in [1.82, 2.24) is 10.6 Å². The Morgan fingerprint density at radius 2 is 1.78 bits per heavy atom. The van der Waals surface area contributed by atoms with E-state index in [-0.39, 0.29) is 29.8 Å². The second-order valence-corrected chi connectivity index (χ2v) is 7.42. The van der Waals surface area contributed by atoms with Gasteiger partial charge in [0.2, 0.25) is 5.91 Å². The molecule has 3 amide bonds. The Hall–Kier alpha value is -2.82. The maximum atomic E-state index is 12.4. The molecular weight excluding hydrogens is 338 g/mol. The Labute approximate surface area is 160 Å². The van der Waals surface area contributed by atoms with Crippen molar-refractivity contribution in [2.75, 3.05) is 5.32 Å². The number of amides is 3. The van der Waals surface area contributed by atoms with E-state index in [1.54, 1.807) is 0 Å². The number of carbonyl (C=O) groups excluding carboxylic acids is 2. The summed E-state index contributed by atoms with van der Waals surface area (Å²) in [5, 5.41) is 8.89. The van der Waals surface area contributed by atoms with Gasteiger partial charge in [-0.15, -0.1) is 0 Å². The van der Waals surface area contributed by atoms with Crippen LogP contribution < -0.4 is 16.0 Å². The van der Waals surface area contributed by atoms with E-state index < -0.39 is 0 Å². The normalized spacial score (nSPS) is 14.5. The molecule has 0 spiro atoms. The third-order valence-electron chi connectivity index (χ3n) is 4.71. The van der Waals surface area contributed by atoms with E-state index in [1.165, 1.54) is 0 Å². The lowest BCUT2D eigenvalue weighted by Crippen LogP contribution is -2.39. The Morgan fingerprint density at radius 1 is 1.04 bits per heavy atom. The van der Waals surface area contributed by atoms with Gasteiger partial charge in [0.25, 0.3) is 0 Å². The van der Waals surface area contributed by atoms with E-state index in [2.05, 4.69) is 29.8 Å². The summed E-state index contributed by atoms with van der Waals surface area (Å²) in [7, 11) is 0. The van der Waals surface area contributed by atoms with Gasteiger partial charge in [-0.3, -0.25) is 4.79 Å². The molecule has 0 saturated heterocycles. The minimum Gasteiger partial charge on any atom is -0.334 e. The van der Waals surface area contributed by atoms with E-state index in [0.717, 1.165) is 29.7 Å². The third-order valence-corrected chi connectivity index (χ3v) is 4.71. The van der Waals surface area contributed by atoms with Gasteiger partial charge in [-0.1, -0.05) is 56.3 Å². The first-order chi connectivity index (χ1) is 13.0. The molecule has 0 radical (unpaired) electrons. The van der Waals surface area contributed by atoms with Crippen LogP contribution in [0.1, 0.15) is 43.9 Å². The maximum absolute atomic E-state index is 12.4. The van der Waals surface area contributed by atoms with Crippen LogP contribution in [0, 0.1) is 11.8 Å². The molecule has 5 heteroatoms. The van der Waals surface area contributed by atoms with Gasteiger partial charge >= 0.3 is 6.03 Å². The summed E-state index contributed by atoms with van der Waals surface area (Å²) >= 11 is 0. The summed E-state index contributed by atoms with van der Waals surface area (Å²) in [5.41, 5.74) is 2.81. The first-order valence-corrected chi connectivity index (χ1v) is 9.52. The molecule has 2 aromatic rings. The van der Waals surface area contributed by atoms with Gasteiger partial charge in [-0.2, -0.15) is 0 Å². The molecule has 0 aliphatic heterocycles. The van der Waals surface area contributed by atoms with Crippen molar-refractivity contribution in [1.29, 1.82) is 0 Å². The van der Waals surface area contributed by atoms with Crippen LogP contribution in [0.5, 0.6) is 0 Å². The van der Waals surface area contributed by atoms with Gasteiger partial charge in [0.1, 0.15) is 0 Å². The average Bonchev–Trinajstić information content (AvgIpc) is 3.50. The van der Waals surface area contributed by atoms with E-state index in [9.17, 15) is 9.59 Å². The summed E-state index contributed by atoms with van der Waals surface area (Å²) in [6, 6.07) is 17.3. The molecule has 1 atom stereocenters. The number of hydrogen-bond acceptors (Lipinski definition) is 2. The second kappa shape index (κ2) is 8.71. The van der Waals surface area contributed by atoms with Crippen molar-refractivity contribution in [2.45, 2.75) is 39.3 Å². The van der Waals surface area contributed by atoms with E-state index >= 15 is 0 Å². The predicted octanol–water partition coefficient (Wildman–Crippen LogP) is 4.23. The lowest BCUT2D eigenvalue weighted by molar-refractivity contribution is -0.117. The minimum absolute atomic E-state index is 0.0460. The molecule has 0 unspecified atom stereocenters. The van der Waals surface area contributed by atoms with Crippen LogP contribution in [0.25, 0.3) is 0 Å². The molecular formula is C22H27N3O2. The fourth-order valence-corrected chi connectivity index (χ4v) is 3.02. The van der Waals surface area contributed by atoms with Gasteiger partial charge in [0.05, 0.1) is 6.04 Å². The Kier molecular flexibility index (Phi) is 6.12. The van der Waals surface area contributed by atoms with Crippen LogP contribution in [0.15, 0.2) is 54.6 Å². The van der Waals surface area contributed by atoms with Crippen LogP contribution in [-0.4, -0.2) is 11.9 Å². The molecule has 1 aliphatic carbocycles. The lowest BCUT2D eigenvalue weighted by Gasteiger charge is -2.23. The number of carbonyl (C=O) groups is 2. The summed E-state index contributed by atoms with van der Waals surface area (Å²) in [6.07, 6.45) is 1.96. The smallest absolute Gasteiger partial charge is 0.315 e. The number of rotatable bonds is 7. The zero-order valence-corrected chi connectivity index (χ0v) is 15.9. The van der Waals surface area contributed by atoms with Crippen molar-refractivity contribution >= 4 is 17.6 Å². The molecule has 1 fully saturated rings. The SMILES string of the molecule is CC(C)[C@@H](NC(=O)NCc1cccc(NC(=O)C2CC2)c1)c1ccccc1. The van der Waals surface area contributed by atoms with Crippen molar-refractivity contribution in [3.63, 3.8) is 0 Å². The number of nitrogens with one attached hydrogen (secondary N) is 3. The monoisotopic (exact) mass is 365 g/mol. The molecule has 1 saturated carbocycles. The first-order valence-electron chi connectivity index (χ1n) is 9.52. The van der Waals surface area contributed by atoms with E-state index in [1.807, 2.05) is 54.6 Å². The summed E-state index contributed by atoms with van der Waals surface area (Å²) in [6.45, 7) is 4.58. The zero-order valence-electron chi connectivity index (χ0n) is 15.9. The van der Waals surface area contributed by atoms with Gasteiger partial charge in [-0.25, -0.2) is 4.79 Å². The van der Waals surface area contributed by atoms with Crippen LogP contribution in [0.2, 0.25) is 0 Å². The van der Waals surface area contributed by atoms with E-state index in [4.69, 9.17) is 0 Å². The molecule has 3 N–H and O–H groups in total. The molecule has 3 rings (SSSR count). The highest BCUT2D eigenvalue weighted by Gasteiger charge is 2.29. The Morgan fingerprint density at radius 3 is 2.44 bits per heavy atom. The largest absolute Gasteiger partial charge is 0.334 e. The van der Waals surface area contributed by atoms with Crippen LogP contribution in [-0.2, 0) is 11.3 Å². The maximum Gasteiger partial charge on any atom is 0.315 e. The number of urea groups is 1. The summed E-state index contributed by atoms with van der Waals surface area (Å²) < 4.78 is 0. The molecule has 0 bridgehead atoms. The quantitative estimate of drug-likeness (QED) is 0.687. The first kappa shape index (κ1) is 19.0. The molecule has 27 heavy (non-hydrogen) atoms. The lowest BCUT2D eigenvalue weighted by atomic mass is 9.96. The average molecular weight is 365 g/mol. The topological polar surface area (TPSA) is 70.2 Å². The van der Waals surface area contributed by atoms with Crippen molar-refractivity contribution in [2.24, 2.45) is 11.8 Å². The zero-order chi connectivity index (χ0) is 19.2. The highest BCUT2D eigenvalue weighted by Crippen LogP contribution is 2.30. The van der Waals surface area contributed by atoms with Gasteiger partial charge in [0.15, 0.2) is 0 Å². The summed E-state index contributed by atoms with van der Waals surface area (Å²) in [4.78, 5) is 24.3. The number of benzene rings is 2. The van der Waals surface area contributed by atoms with Crippen molar-refractivity contribution in [3.8, 4) is 0 Å². The van der Waals surface area contributed by atoms with Crippen LogP contribution in [0.4, 0.5) is 10.5 Å². The van der Waals surface area contributed by atoms with Crippen LogP contribution in [0.3, 0.4) is 0 Å². The Balaban J connectivity index is 1.54. The number of hydrogen-bond donors (Lipinski definition) is 3. The summed E-state index contributed by atoms with van der Waals surface area (Å²) in [5.74, 6) is 0.531. The highest BCUT2D eigenvalue weighted by molar-refractivity contribution is 5.94. The molecule has 0 aromatic heterocycles. The highest BCUT2D eigenvalue weighted by atomic mass is 16.2. The molecule has 2 aromatic carbocycles. The fraction of sp³-hybridized carbons (Fsp3) is 0.364. The molecule has 0 heterocycles. The van der Waals surface area contributed by atoms with Crippen molar-refractivity contribution in [3.05, 3.63) is 65.7 Å².